The highest BCUT2D eigenvalue weighted by Gasteiger charge is 2.30. The number of carboxylic acids is 1. The molecule has 6 nitrogen and oxygen atoms in total. The van der Waals surface area contributed by atoms with E-state index in [1.165, 1.54) is 11.8 Å². The molecule has 0 unspecified atom stereocenters. The molecule has 0 saturated heterocycles. The van der Waals surface area contributed by atoms with Gasteiger partial charge in [0.15, 0.2) is 5.16 Å². The van der Waals surface area contributed by atoms with Crippen molar-refractivity contribution in [3.63, 3.8) is 0 Å². The molecule has 0 radical (unpaired) electrons. The van der Waals surface area contributed by atoms with E-state index in [1.807, 2.05) is 16.7 Å². The van der Waals surface area contributed by atoms with Gasteiger partial charge < -0.3 is 14.1 Å². The van der Waals surface area contributed by atoms with Gasteiger partial charge in [0.25, 0.3) is 0 Å². The standard InChI is InChI=1S/C13H15N3O3S/c17-11(18)8-20-13-15-14-12(9-3-4-9)16(13)6-5-10-2-1-7-19-10/h1-2,7,9H,3-6,8H2,(H,17,18). The molecule has 0 spiro atoms. The van der Waals surface area contributed by atoms with Gasteiger partial charge in [-0.05, 0) is 25.0 Å². The molecular weight excluding hydrogens is 278 g/mol. The minimum absolute atomic E-state index is 0.00352. The molecule has 2 aromatic rings. The van der Waals surface area contributed by atoms with Crippen LogP contribution in [0.1, 0.15) is 30.3 Å². The molecule has 1 aliphatic carbocycles. The van der Waals surface area contributed by atoms with Crippen LogP contribution in [0.5, 0.6) is 0 Å². The highest BCUT2D eigenvalue weighted by atomic mass is 32.2. The highest BCUT2D eigenvalue weighted by molar-refractivity contribution is 7.99. The average Bonchev–Trinajstić information content (AvgIpc) is 2.99. The summed E-state index contributed by atoms with van der Waals surface area (Å²) < 4.78 is 7.37. The van der Waals surface area contributed by atoms with Gasteiger partial charge in [0.05, 0.1) is 12.0 Å². The maximum absolute atomic E-state index is 10.7. The second-order valence-electron chi connectivity index (χ2n) is 4.78. The minimum Gasteiger partial charge on any atom is -0.481 e. The van der Waals surface area contributed by atoms with Gasteiger partial charge in [-0.2, -0.15) is 0 Å². The number of thioether (sulfide) groups is 1. The fourth-order valence-electron chi connectivity index (χ4n) is 2.06. The Bertz CT molecular complexity index is 590. The van der Waals surface area contributed by atoms with E-state index in [0.29, 0.717) is 17.6 Å². The number of hydrogen-bond donors (Lipinski definition) is 1. The van der Waals surface area contributed by atoms with Crippen molar-refractivity contribution in [2.24, 2.45) is 0 Å². The monoisotopic (exact) mass is 293 g/mol. The van der Waals surface area contributed by atoms with E-state index in [0.717, 1.165) is 30.8 Å². The third-order valence-corrected chi connectivity index (χ3v) is 4.13. The topological polar surface area (TPSA) is 81.1 Å². The molecule has 0 aliphatic heterocycles. The first kappa shape index (κ1) is 13.2. The molecule has 2 heterocycles. The Morgan fingerprint density at radius 2 is 2.35 bits per heavy atom. The summed E-state index contributed by atoms with van der Waals surface area (Å²) >= 11 is 1.22. The first-order valence-corrected chi connectivity index (χ1v) is 7.52. The number of rotatable bonds is 7. The number of hydrogen-bond acceptors (Lipinski definition) is 5. The SMILES string of the molecule is O=C(O)CSc1nnc(C2CC2)n1CCc1ccco1. The summed E-state index contributed by atoms with van der Waals surface area (Å²) in [5.74, 6) is 1.53. The fourth-order valence-corrected chi connectivity index (χ4v) is 2.76. The van der Waals surface area contributed by atoms with Gasteiger partial charge >= 0.3 is 5.97 Å². The minimum atomic E-state index is -0.844. The number of nitrogens with zero attached hydrogens (tertiary/aromatic N) is 3. The Hall–Kier alpha value is -1.76. The summed E-state index contributed by atoms with van der Waals surface area (Å²) in [4.78, 5) is 10.7. The van der Waals surface area contributed by atoms with Crippen LogP contribution in [0.25, 0.3) is 0 Å². The largest absolute Gasteiger partial charge is 0.481 e. The maximum atomic E-state index is 10.7. The zero-order chi connectivity index (χ0) is 13.9. The van der Waals surface area contributed by atoms with Crippen LogP contribution >= 0.6 is 11.8 Å². The Morgan fingerprint density at radius 1 is 1.50 bits per heavy atom. The Labute approximate surface area is 120 Å². The van der Waals surface area contributed by atoms with Crippen LogP contribution < -0.4 is 0 Å². The number of aromatic nitrogens is 3. The summed E-state index contributed by atoms with van der Waals surface area (Å²) in [5.41, 5.74) is 0. The van der Waals surface area contributed by atoms with Crippen molar-refractivity contribution in [2.75, 3.05) is 5.75 Å². The van der Waals surface area contributed by atoms with Crippen LogP contribution in [0.15, 0.2) is 28.0 Å². The molecular formula is C13H15N3O3S. The molecule has 20 heavy (non-hydrogen) atoms. The molecule has 1 aliphatic rings. The molecule has 1 fully saturated rings. The normalized spacial score (nSPS) is 14.6. The summed E-state index contributed by atoms with van der Waals surface area (Å²) in [6, 6.07) is 3.80. The molecule has 0 bridgehead atoms. The second-order valence-corrected chi connectivity index (χ2v) is 5.72. The van der Waals surface area contributed by atoms with Gasteiger partial charge in [-0.3, -0.25) is 4.79 Å². The number of carbonyl (C=O) groups is 1. The number of aliphatic carboxylic acids is 1. The molecule has 0 atom stereocenters. The van der Waals surface area contributed by atoms with Crippen LogP contribution in [0.3, 0.4) is 0 Å². The number of carboxylic acid groups (broad SMARTS) is 1. The molecule has 1 N–H and O–H groups in total. The zero-order valence-corrected chi connectivity index (χ0v) is 11.7. The van der Waals surface area contributed by atoms with Gasteiger partial charge in [-0.15, -0.1) is 10.2 Å². The Kier molecular flexibility index (Phi) is 3.77. The average molecular weight is 293 g/mol. The van der Waals surface area contributed by atoms with Crippen molar-refractivity contribution in [2.45, 2.75) is 36.9 Å². The smallest absolute Gasteiger partial charge is 0.313 e. The van der Waals surface area contributed by atoms with Gasteiger partial charge in [0, 0.05) is 18.9 Å². The highest BCUT2D eigenvalue weighted by Crippen LogP contribution is 2.40. The quantitative estimate of drug-likeness (QED) is 0.788. The van der Waals surface area contributed by atoms with E-state index < -0.39 is 5.97 Å². The third-order valence-electron chi connectivity index (χ3n) is 3.17. The van der Waals surface area contributed by atoms with Crippen molar-refractivity contribution in [3.05, 3.63) is 30.0 Å². The summed E-state index contributed by atoms with van der Waals surface area (Å²) in [6.45, 7) is 0.717. The van der Waals surface area contributed by atoms with E-state index in [2.05, 4.69) is 10.2 Å². The van der Waals surface area contributed by atoms with Crippen molar-refractivity contribution in [1.82, 2.24) is 14.8 Å². The lowest BCUT2D eigenvalue weighted by Gasteiger charge is -2.08. The molecule has 0 amide bonds. The molecule has 0 aromatic carbocycles. The Balaban J connectivity index is 1.74. The van der Waals surface area contributed by atoms with E-state index in [9.17, 15) is 4.79 Å². The lowest BCUT2D eigenvalue weighted by atomic mass is 10.3. The van der Waals surface area contributed by atoms with Crippen molar-refractivity contribution in [3.8, 4) is 0 Å². The second kappa shape index (κ2) is 5.70. The summed E-state index contributed by atoms with van der Waals surface area (Å²) in [7, 11) is 0. The van der Waals surface area contributed by atoms with Gasteiger partial charge in [0.2, 0.25) is 0 Å². The summed E-state index contributed by atoms with van der Waals surface area (Å²) in [5, 5.41) is 17.8. The maximum Gasteiger partial charge on any atom is 0.313 e. The van der Waals surface area contributed by atoms with Crippen LogP contribution in [-0.2, 0) is 17.8 Å². The lowest BCUT2D eigenvalue weighted by molar-refractivity contribution is -0.133. The van der Waals surface area contributed by atoms with E-state index in [1.54, 1.807) is 6.26 Å². The lowest BCUT2D eigenvalue weighted by Crippen LogP contribution is -2.08. The fraction of sp³-hybridized carbons (Fsp3) is 0.462. The Morgan fingerprint density at radius 3 is 3.00 bits per heavy atom. The van der Waals surface area contributed by atoms with E-state index in [4.69, 9.17) is 9.52 Å². The molecule has 106 valence electrons. The molecule has 3 rings (SSSR count). The van der Waals surface area contributed by atoms with E-state index in [-0.39, 0.29) is 5.75 Å². The summed E-state index contributed by atoms with van der Waals surface area (Å²) in [6.07, 6.45) is 4.69. The van der Waals surface area contributed by atoms with Crippen LogP contribution in [-0.4, -0.2) is 31.6 Å². The predicted molar refractivity (Wildman–Crippen MR) is 72.8 cm³/mol. The van der Waals surface area contributed by atoms with Gasteiger partial charge in [0.1, 0.15) is 11.6 Å². The van der Waals surface area contributed by atoms with Crippen molar-refractivity contribution >= 4 is 17.7 Å². The number of furan rings is 1. The first-order chi connectivity index (χ1) is 9.74. The first-order valence-electron chi connectivity index (χ1n) is 6.54. The molecule has 1 saturated carbocycles. The predicted octanol–water partition coefficient (Wildman–Crippen LogP) is 2.17. The molecule has 2 aromatic heterocycles. The van der Waals surface area contributed by atoms with Crippen LogP contribution in [0, 0.1) is 0 Å². The van der Waals surface area contributed by atoms with Crippen molar-refractivity contribution in [1.29, 1.82) is 0 Å². The van der Waals surface area contributed by atoms with Crippen molar-refractivity contribution < 1.29 is 14.3 Å². The van der Waals surface area contributed by atoms with Crippen LogP contribution in [0.2, 0.25) is 0 Å². The van der Waals surface area contributed by atoms with E-state index >= 15 is 0 Å². The van der Waals surface area contributed by atoms with Gasteiger partial charge in [-0.1, -0.05) is 11.8 Å². The number of aryl methyl sites for hydroxylation is 1. The zero-order valence-electron chi connectivity index (χ0n) is 10.9. The molecule has 7 heteroatoms. The third kappa shape index (κ3) is 3.04. The van der Waals surface area contributed by atoms with Crippen LogP contribution in [0.4, 0.5) is 0 Å². The van der Waals surface area contributed by atoms with Gasteiger partial charge in [-0.25, -0.2) is 0 Å².